The molecule has 328 valence electrons. The summed E-state index contributed by atoms with van der Waals surface area (Å²) in [5, 5.41) is 15.0. The first-order valence-electron chi connectivity index (χ1n) is 24.5. The summed E-state index contributed by atoms with van der Waals surface area (Å²) < 4.78 is 10.2. The number of hydrogen-bond donors (Lipinski definition) is 0. The zero-order valence-corrected chi connectivity index (χ0v) is 38.3. The number of hydrogen-bond acceptors (Lipinski definition) is 1. The highest BCUT2D eigenvalue weighted by Gasteiger charge is 2.33. The van der Waals surface area contributed by atoms with Crippen LogP contribution in [0.5, 0.6) is 0 Å². The van der Waals surface area contributed by atoms with Crippen molar-refractivity contribution in [1.82, 2.24) is 17.9 Å². The smallest absolute Gasteiger partial charge is 0.0663 e. The third kappa shape index (κ3) is 4.66. The molecule has 0 atom stereocenters. The number of benzene rings is 11. The highest BCUT2D eigenvalue weighted by atomic mass is 15.2. The van der Waals surface area contributed by atoms with Crippen LogP contribution >= 0.6 is 0 Å². The van der Waals surface area contributed by atoms with Gasteiger partial charge in [-0.25, -0.2) is 0 Å². The molecular formula is C66H39N5. The number of fused-ring (bicyclic) bond motifs is 20. The lowest BCUT2D eigenvalue weighted by Crippen LogP contribution is -2.11. The van der Waals surface area contributed by atoms with Crippen LogP contribution in [-0.4, -0.2) is 17.9 Å². The van der Waals surface area contributed by atoms with E-state index >= 15 is 0 Å². The molecule has 11 aromatic carbocycles. The normalized spacial score (nSPS) is 12.5. The van der Waals surface area contributed by atoms with Gasteiger partial charge in [-0.05, 0) is 91.0 Å². The van der Waals surface area contributed by atoms with Gasteiger partial charge in [0.15, 0.2) is 0 Å². The Morgan fingerprint density at radius 3 is 1.20 bits per heavy atom. The molecule has 0 unspecified atom stereocenters. The summed E-state index contributed by atoms with van der Waals surface area (Å²) in [4.78, 5) is 2.51. The Balaban J connectivity index is 1.17. The van der Waals surface area contributed by atoms with E-state index in [9.17, 15) is 0 Å². The van der Waals surface area contributed by atoms with Crippen LogP contribution in [-0.2, 0) is 0 Å². The Morgan fingerprint density at radius 2 is 0.620 bits per heavy atom. The fourth-order valence-corrected chi connectivity index (χ4v) is 13.1. The molecule has 0 aliphatic heterocycles. The third-order valence-corrected chi connectivity index (χ3v) is 15.7. The summed E-state index contributed by atoms with van der Waals surface area (Å²) in [6, 6.07) is 87.5. The van der Waals surface area contributed by atoms with Crippen molar-refractivity contribution in [1.29, 1.82) is 0 Å². The van der Waals surface area contributed by atoms with Gasteiger partial charge in [0.25, 0.3) is 0 Å². The zero-order chi connectivity index (χ0) is 46.1. The van der Waals surface area contributed by atoms with E-state index in [4.69, 9.17) is 0 Å². The van der Waals surface area contributed by atoms with E-state index < -0.39 is 0 Å². The van der Waals surface area contributed by atoms with Crippen LogP contribution in [0.2, 0.25) is 0 Å². The van der Waals surface area contributed by atoms with Gasteiger partial charge in [0.2, 0.25) is 0 Å². The number of anilines is 3. The largest absolute Gasteiger partial charge is 0.309 e. The Kier molecular flexibility index (Phi) is 7.15. The molecule has 0 aliphatic rings. The van der Waals surface area contributed by atoms with Crippen LogP contribution in [0.1, 0.15) is 0 Å². The van der Waals surface area contributed by atoms with Crippen molar-refractivity contribution in [2.24, 2.45) is 0 Å². The Hall–Kier alpha value is -9.58. The second kappa shape index (κ2) is 13.6. The number of rotatable bonds is 5. The molecule has 17 aromatic rings. The SMILES string of the molecule is c1ccc(N(c2ccccc2)c2c3c4ccccc4n(-c4ccccc4)c3c3c4cc5c(cc4n4c6ccccc6c2c34)c2c3c(cc4c6ccccc6n5c42)c2ccccc2n3-c2ccccc2)cc1. The van der Waals surface area contributed by atoms with Crippen molar-refractivity contribution in [2.45, 2.75) is 0 Å². The maximum absolute atomic E-state index is 2.61. The molecule has 0 bridgehead atoms. The molecule has 0 aliphatic carbocycles. The molecule has 6 aromatic heterocycles. The Morgan fingerprint density at radius 1 is 0.239 bits per heavy atom. The standard InChI is InChI=1S/C66H39N5/c1-5-21-40(22-6-1)67(41-23-7-2-8-24-41)64-58-46-31-15-19-35-54(46)69(43-27-11-4-12-28-43)65(58)61-51-39-56-50(38-57(51)71-55-36-20-16-32-47(55)59(64)66(61)71)60-62-48(37-49-45-30-14-18-34-53(45)70(56)63(49)60)44-29-13-17-33-52(44)68(62)42-25-9-3-10-26-42/h1-39H. The van der Waals surface area contributed by atoms with Crippen molar-refractivity contribution < 1.29 is 0 Å². The zero-order valence-electron chi connectivity index (χ0n) is 38.3. The van der Waals surface area contributed by atoms with Crippen molar-refractivity contribution in [2.75, 3.05) is 4.90 Å². The van der Waals surface area contributed by atoms with E-state index in [0.717, 1.165) is 22.7 Å². The lowest BCUT2D eigenvalue weighted by Gasteiger charge is -2.28. The van der Waals surface area contributed by atoms with Gasteiger partial charge in [0.05, 0.1) is 60.9 Å². The first-order valence-corrected chi connectivity index (χ1v) is 24.5. The van der Waals surface area contributed by atoms with E-state index in [-0.39, 0.29) is 0 Å². The molecule has 0 spiro atoms. The minimum Gasteiger partial charge on any atom is -0.309 e. The number of aromatic nitrogens is 4. The first kappa shape index (κ1) is 37.4. The van der Waals surface area contributed by atoms with E-state index in [0.29, 0.717) is 0 Å². The van der Waals surface area contributed by atoms with Gasteiger partial charge in [-0.3, -0.25) is 0 Å². The molecule has 0 amide bonds. The lowest BCUT2D eigenvalue weighted by atomic mass is 9.98. The highest BCUT2D eigenvalue weighted by molar-refractivity contribution is 6.42. The monoisotopic (exact) mass is 901 g/mol. The average Bonchev–Trinajstić information content (AvgIpc) is 4.29. The maximum atomic E-state index is 2.61. The number of nitrogens with zero attached hydrogens (tertiary/aromatic N) is 5. The van der Waals surface area contributed by atoms with Gasteiger partial charge in [-0.1, -0.05) is 146 Å². The average molecular weight is 902 g/mol. The minimum absolute atomic E-state index is 1.11. The molecule has 0 fully saturated rings. The molecule has 6 heterocycles. The molecule has 5 nitrogen and oxygen atoms in total. The maximum Gasteiger partial charge on any atom is 0.0663 e. The van der Waals surface area contributed by atoms with Crippen molar-refractivity contribution in [3.63, 3.8) is 0 Å². The second-order valence-corrected chi connectivity index (χ2v) is 19.2. The van der Waals surface area contributed by atoms with Crippen molar-refractivity contribution >= 4 is 137 Å². The molecule has 71 heavy (non-hydrogen) atoms. The van der Waals surface area contributed by atoms with Crippen LogP contribution in [0.3, 0.4) is 0 Å². The van der Waals surface area contributed by atoms with Gasteiger partial charge in [0, 0.05) is 87.4 Å². The molecule has 0 saturated heterocycles. The fraction of sp³-hybridized carbons (Fsp3) is 0. The summed E-state index contributed by atoms with van der Waals surface area (Å²) >= 11 is 0. The highest BCUT2D eigenvalue weighted by Crippen LogP contribution is 2.56. The van der Waals surface area contributed by atoms with Crippen LogP contribution in [0.15, 0.2) is 237 Å². The topological polar surface area (TPSA) is 21.9 Å². The van der Waals surface area contributed by atoms with Gasteiger partial charge in [0.1, 0.15) is 0 Å². The summed E-state index contributed by atoms with van der Waals surface area (Å²) in [5.74, 6) is 0. The third-order valence-electron chi connectivity index (χ3n) is 15.7. The quantitative estimate of drug-likeness (QED) is 0.169. The Bertz CT molecular complexity index is 4980. The van der Waals surface area contributed by atoms with Gasteiger partial charge < -0.3 is 22.8 Å². The predicted molar refractivity (Wildman–Crippen MR) is 299 cm³/mol. The molecule has 0 radical (unpaired) electrons. The molecule has 5 heteroatoms. The van der Waals surface area contributed by atoms with Crippen molar-refractivity contribution in [3.8, 4) is 11.4 Å². The minimum atomic E-state index is 1.11. The van der Waals surface area contributed by atoms with E-state index in [2.05, 4.69) is 259 Å². The molecule has 17 rings (SSSR count). The molecular weight excluding hydrogens is 863 g/mol. The van der Waals surface area contributed by atoms with E-state index in [1.807, 2.05) is 0 Å². The number of para-hydroxylation sites is 8. The summed E-state index contributed by atoms with van der Waals surface area (Å²) in [6.07, 6.45) is 0. The predicted octanol–water partition coefficient (Wildman–Crippen LogP) is 17.7. The second-order valence-electron chi connectivity index (χ2n) is 19.2. The molecule has 0 N–H and O–H groups in total. The molecule has 0 saturated carbocycles. The Labute approximate surface area is 405 Å². The van der Waals surface area contributed by atoms with Crippen LogP contribution in [0, 0.1) is 0 Å². The van der Waals surface area contributed by atoms with E-state index in [1.165, 1.54) is 125 Å². The summed E-state index contributed by atoms with van der Waals surface area (Å²) in [6.45, 7) is 0. The summed E-state index contributed by atoms with van der Waals surface area (Å²) in [7, 11) is 0. The van der Waals surface area contributed by atoms with Crippen LogP contribution < -0.4 is 4.90 Å². The fourth-order valence-electron chi connectivity index (χ4n) is 13.1. The van der Waals surface area contributed by atoms with E-state index in [1.54, 1.807) is 0 Å². The van der Waals surface area contributed by atoms with Crippen LogP contribution in [0.25, 0.3) is 131 Å². The van der Waals surface area contributed by atoms with Gasteiger partial charge >= 0.3 is 0 Å². The van der Waals surface area contributed by atoms with Crippen molar-refractivity contribution in [3.05, 3.63) is 237 Å². The van der Waals surface area contributed by atoms with Gasteiger partial charge in [-0.2, -0.15) is 0 Å². The summed E-state index contributed by atoms with van der Waals surface area (Å²) in [5.41, 5.74) is 17.8. The van der Waals surface area contributed by atoms with Gasteiger partial charge in [-0.15, -0.1) is 0 Å². The first-order chi connectivity index (χ1) is 35.3. The lowest BCUT2D eigenvalue weighted by molar-refractivity contribution is 1.19. The van der Waals surface area contributed by atoms with Crippen LogP contribution in [0.4, 0.5) is 17.1 Å².